The zero-order valence-electron chi connectivity index (χ0n) is 12.4. The van der Waals surface area contributed by atoms with Crippen LogP contribution in [0.3, 0.4) is 0 Å². The van der Waals surface area contributed by atoms with Gasteiger partial charge in [-0.05, 0) is 33.9 Å². The summed E-state index contributed by atoms with van der Waals surface area (Å²) in [5, 5.41) is 3.33. The van der Waals surface area contributed by atoms with E-state index in [1.54, 1.807) is 0 Å². The number of hydrogen-bond donors (Lipinski definition) is 1. The Hall–Kier alpha value is -0.170. The van der Waals surface area contributed by atoms with Crippen molar-refractivity contribution in [1.82, 2.24) is 15.1 Å². The van der Waals surface area contributed by atoms with Crippen molar-refractivity contribution in [2.75, 3.05) is 51.3 Å². The van der Waals surface area contributed by atoms with Gasteiger partial charge in [-0.25, -0.2) is 8.42 Å². The molecule has 0 radical (unpaired) electrons. The summed E-state index contributed by atoms with van der Waals surface area (Å²) >= 11 is 0. The average Bonchev–Trinajstić information content (AvgIpc) is 2.29. The molecule has 0 aliphatic carbocycles. The average molecular weight is 289 g/mol. The first-order chi connectivity index (χ1) is 8.78. The number of rotatable bonds is 3. The highest BCUT2D eigenvalue weighted by atomic mass is 32.2. The zero-order valence-corrected chi connectivity index (χ0v) is 13.2. The number of nitrogens with one attached hydrogen (secondary N) is 1. The van der Waals surface area contributed by atoms with Gasteiger partial charge in [-0.1, -0.05) is 0 Å². The number of sulfone groups is 1. The van der Waals surface area contributed by atoms with Crippen molar-refractivity contribution < 1.29 is 8.42 Å². The Balaban J connectivity index is 1.80. The number of hydrogen-bond acceptors (Lipinski definition) is 5. The molecule has 2 aliphatic rings. The van der Waals surface area contributed by atoms with Crippen LogP contribution >= 0.6 is 0 Å². The summed E-state index contributed by atoms with van der Waals surface area (Å²) in [4.78, 5) is 4.86. The van der Waals surface area contributed by atoms with Crippen molar-refractivity contribution in [2.24, 2.45) is 0 Å². The zero-order chi connectivity index (χ0) is 14.1. The first kappa shape index (κ1) is 15.2. The molecule has 2 rings (SSSR count). The van der Waals surface area contributed by atoms with Gasteiger partial charge in [0, 0.05) is 37.8 Å². The molecular formula is C13H27N3O2S. The smallest absolute Gasteiger partial charge is 0.153 e. The lowest BCUT2D eigenvalue weighted by atomic mass is 9.99. The van der Waals surface area contributed by atoms with Crippen LogP contribution in [0.15, 0.2) is 0 Å². The van der Waals surface area contributed by atoms with Crippen LogP contribution in [0.25, 0.3) is 0 Å². The molecule has 1 unspecified atom stereocenters. The monoisotopic (exact) mass is 289 g/mol. The maximum Gasteiger partial charge on any atom is 0.153 e. The summed E-state index contributed by atoms with van der Waals surface area (Å²) in [5.74, 6) is 0.606. The highest BCUT2D eigenvalue weighted by Crippen LogP contribution is 2.19. The van der Waals surface area contributed by atoms with Crippen molar-refractivity contribution in [3.8, 4) is 0 Å². The molecule has 19 heavy (non-hydrogen) atoms. The molecule has 0 aromatic carbocycles. The van der Waals surface area contributed by atoms with E-state index in [-0.39, 0.29) is 11.6 Å². The van der Waals surface area contributed by atoms with E-state index in [1.165, 1.54) is 0 Å². The summed E-state index contributed by atoms with van der Waals surface area (Å²) in [7, 11) is -0.632. The Morgan fingerprint density at radius 2 is 2.05 bits per heavy atom. The minimum absolute atomic E-state index is 0.140. The summed E-state index contributed by atoms with van der Waals surface area (Å²) < 4.78 is 23.2. The summed E-state index contributed by atoms with van der Waals surface area (Å²) in [6.07, 6.45) is 0.930. The predicted molar refractivity (Wildman–Crippen MR) is 78.2 cm³/mol. The lowest BCUT2D eigenvalue weighted by Crippen LogP contribution is -2.58. The van der Waals surface area contributed by atoms with Gasteiger partial charge < -0.3 is 10.2 Å². The molecule has 0 spiro atoms. The number of likely N-dealkylation sites (N-methyl/N-ethyl adjacent to an activating group) is 1. The third-order valence-corrected chi connectivity index (χ3v) is 6.23. The van der Waals surface area contributed by atoms with Gasteiger partial charge in [-0.2, -0.15) is 0 Å². The molecule has 0 amide bonds. The minimum atomic E-state index is -2.81. The molecule has 2 saturated heterocycles. The number of piperazine rings is 1. The lowest BCUT2D eigenvalue weighted by molar-refractivity contribution is 0.0384. The van der Waals surface area contributed by atoms with Crippen molar-refractivity contribution >= 4 is 9.84 Å². The van der Waals surface area contributed by atoms with Crippen molar-refractivity contribution in [3.63, 3.8) is 0 Å². The van der Waals surface area contributed by atoms with E-state index in [0.29, 0.717) is 18.1 Å². The summed E-state index contributed by atoms with van der Waals surface area (Å²) in [6, 6.07) is 0.140. The van der Waals surface area contributed by atoms with Gasteiger partial charge >= 0.3 is 0 Å². The Bertz CT molecular complexity index is 408. The second kappa shape index (κ2) is 5.68. The minimum Gasteiger partial charge on any atom is -0.312 e. The second-order valence-electron chi connectivity index (χ2n) is 6.56. The Labute approximate surface area is 117 Å². The van der Waals surface area contributed by atoms with Crippen molar-refractivity contribution in [2.45, 2.75) is 31.8 Å². The molecule has 1 atom stereocenters. The molecule has 2 fully saturated rings. The van der Waals surface area contributed by atoms with E-state index >= 15 is 0 Å². The Morgan fingerprint density at radius 3 is 2.68 bits per heavy atom. The van der Waals surface area contributed by atoms with E-state index in [9.17, 15) is 8.42 Å². The third kappa shape index (κ3) is 4.15. The molecule has 0 aromatic rings. The largest absolute Gasteiger partial charge is 0.312 e. The molecule has 1 N–H and O–H groups in total. The first-order valence-electron chi connectivity index (χ1n) is 7.16. The fraction of sp³-hybridized carbons (Fsp3) is 1.00. The molecule has 2 aliphatic heterocycles. The van der Waals surface area contributed by atoms with E-state index in [1.807, 2.05) is 0 Å². The summed E-state index contributed by atoms with van der Waals surface area (Å²) in [6.45, 7) is 9.36. The predicted octanol–water partition coefficient (Wildman–Crippen LogP) is -0.211. The van der Waals surface area contributed by atoms with Gasteiger partial charge in [-0.15, -0.1) is 0 Å². The normalized spacial score (nSPS) is 32.3. The fourth-order valence-electron chi connectivity index (χ4n) is 2.92. The molecule has 5 nitrogen and oxygen atoms in total. The van der Waals surface area contributed by atoms with Gasteiger partial charge in [0.1, 0.15) is 0 Å². The Morgan fingerprint density at radius 1 is 1.32 bits per heavy atom. The molecule has 6 heteroatoms. The van der Waals surface area contributed by atoms with E-state index in [2.05, 4.69) is 36.0 Å². The van der Waals surface area contributed by atoms with Gasteiger partial charge in [0.15, 0.2) is 9.84 Å². The van der Waals surface area contributed by atoms with Crippen LogP contribution < -0.4 is 5.32 Å². The highest BCUT2D eigenvalue weighted by molar-refractivity contribution is 7.91. The Kier molecular flexibility index (Phi) is 4.55. The highest BCUT2D eigenvalue weighted by Gasteiger charge is 2.31. The van der Waals surface area contributed by atoms with Gasteiger partial charge in [0.05, 0.1) is 11.5 Å². The quantitative estimate of drug-likeness (QED) is 0.779. The van der Waals surface area contributed by atoms with Crippen LogP contribution in [0.2, 0.25) is 0 Å². The lowest BCUT2D eigenvalue weighted by Gasteiger charge is -2.45. The van der Waals surface area contributed by atoms with Crippen LogP contribution in [-0.4, -0.2) is 81.1 Å². The second-order valence-corrected chi connectivity index (χ2v) is 8.79. The summed E-state index contributed by atoms with van der Waals surface area (Å²) in [5.41, 5.74) is 0.213. The molecule has 0 aromatic heterocycles. The fourth-order valence-corrected chi connectivity index (χ4v) is 4.42. The van der Waals surface area contributed by atoms with E-state index in [0.717, 1.165) is 32.6 Å². The third-order valence-electron chi connectivity index (χ3n) is 4.49. The SMILES string of the molecule is CN1CCN(CCC2CS(=O)(=O)CCN2)CC1(C)C. The first-order valence-corrected chi connectivity index (χ1v) is 8.98. The maximum absolute atomic E-state index is 11.6. The number of nitrogens with zero attached hydrogens (tertiary/aromatic N) is 2. The molecule has 0 saturated carbocycles. The van der Waals surface area contributed by atoms with Gasteiger partial charge in [0.25, 0.3) is 0 Å². The van der Waals surface area contributed by atoms with Gasteiger partial charge in [-0.3, -0.25) is 4.90 Å². The standard InChI is InChI=1S/C13H27N3O2S/c1-13(2)11-16(8-7-15(13)3)6-4-12-10-19(17,18)9-5-14-12/h12,14H,4-11H2,1-3H3. The van der Waals surface area contributed by atoms with Crippen molar-refractivity contribution in [3.05, 3.63) is 0 Å². The topological polar surface area (TPSA) is 52.7 Å². The van der Waals surface area contributed by atoms with Crippen LogP contribution in [0.4, 0.5) is 0 Å². The van der Waals surface area contributed by atoms with E-state index < -0.39 is 9.84 Å². The van der Waals surface area contributed by atoms with Crippen LogP contribution in [-0.2, 0) is 9.84 Å². The molecule has 2 heterocycles. The molecule has 0 bridgehead atoms. The van der Waals surface area contributed by atoms with Crippen LogP contribution in [0, 0.1) is 0 Å². The van der Waals surface area contributed by atoms with E-state index in [4.69, 9.17) is 0 Å². The van der Waals surface area contributed by atoms with Crippen LogP contribution in [0.1, 0.15) is 20.3 Å². The maximum atomic E-state index is 11.6. The van der Waals surface area contributed by atoms with Crippen molar-refractivity contribution in [1.29, 1.82) is 0 Å². The molecule has 112 valence electrons. The van der Waals surface area contributed by atoms with Gasteiger partial charge in [0.2, 0.25) is 0 Å². The molecular weight excluding hydrogens is 262 g/mol. The van der Waals surface area contributed by atoms with Crippen LogP contribution in [0.5, 0.6) is 0 Å².